The smallest absolute Gasteiger partial charge is 0.0869 e. The standard InChI is InChI=1S/C6H11O2/c7-3-1-6-2-4-8-5-6/h5-7H,1-4H2. The van der Waals surface area contributed by atoms with Gasteiger partial charge in [-0.15, -0.1) is 0 Å². The second kappa shape index (κ2) is 3.05. The van der Waals surface area contributed by atoms with Gasteiger partial charge in [-0.25, -0.2) is 0 Å². The van der Waals surface area contributed by atoms with E-state index in [1.807, 2.05) is 6.61 Å². The Labute approximate surface area is 49.5 Å². The van der Waals surface area contributed by atoms with Gasteiger partial charge in [0.15, 0.2) is 0 Å². The Hall–Kier alpha value is -0.0800. The van der Waals surface area contributed by atoms with Crippen molar-refractivity contribution in [3.63, 3.8) is 0 Å². The van der Waals surface area contributed by atoms with Gasteiger partial charge >= 0.3 is 0 Å². The Morgan fingerprint density at radius 1 is 1.75 bits per heavy atom. The van der Waals surface area contributed by atoms with E-state index in [1.54, 1.807) is 0 Å². The van der Waals surface area contributed by atoms with E-state index in [2.05, 4.69) is 0 Å². The molecule has 1 aliphatic heterocycles. The molecule has 0 aromatic carbocycles. The van der Waals surface area contributed by atoms with Crippen LogP contribution in [0.3, 0.4) is 0 Å². The highest BCUT2D eigenvalue weighted by Crippen LogP contribution is 2.18. The van der Waals surface area contributed by atoms with Gasteiger partial charge in [-0.3, -0.25) is 0 Å². The third-order valence-corrected chi connectivity index (χ3v) is 1.40. The summed E-state index contributed by atoms with van der Waals surface area (Å²) in [6.45, 7) is 2.95. The first-order valence-electron chi connectivity index (χ1n) is 2.99. The zero-order valence-corrected chi connectivity index (χ0v) is 4.84. The molecule has 0 aromatic rings. The quantitative estimate of drug-likeness (QED) is 0.570. The van der Waals surface area contributed by atoms with Crippen LogP contribution in [0.15, 0.2) is 0 Å². The SMILES string of the molecule is OCCC1[CH]OCC1. The fourth-order valence-electron chi connectivity index (χ4n) is 0.870. The molecule has 0 aromatic heterocycles. The normalized spacial score (nSPS) is 28.9. The molecule has 1 heterocycles. The van der Waals surface area contributed by atoms with Crippen LogP contribution in [-0.4, -0.2) is 18.3 Å². The first-order valence-corrected chi connectivity index (χ1v) is 2.99. The van der Waals surface area contributed by atoms with Gasteiger partial charge in [0.1, 0.15) is 0 Å². The fraction of sp³-hybridized carbons (Fsp3) is 0.833. The lowest BCUT2D eigenvalue weighted by molar-refractivity contribution is 0.234. The highest BCUT2D eigenvalue weighted by Gasteiger charge is 2.14. The number of aliphatic hydroxyl groups is 1. The molecule has 8 heavy (non-hydrogen) atoms. The van der Waals surface area contributed by atoms with E-state index in [-0.39, 0.29) is 6.61 Å². The summed E-state index contributed by atoms with van der Waals surface area (Å²) in [6, 6.07) is 0. The van der Waals surface area contributed by atoms with Gasteiger partial charge < -0.3 is 9.84 Å². The Bertz CT molecular complexity index is 57.5. The maximum atomic E-state index is 8.45. The highest BCUT2D eigenvalue weighted by molar-refractivity contribution is 4.72. The third kappa shape index (κ3) is 1.46. The van der Waals surface area contributed by atoms with Gasteiger partial charge in [0.25, 0.3) is 0 Å². The summed E-state index contributed by atoms with van der Waals surface area (Å²) in [7, 11) is 0. The third-order valence-electron chi connectivity index (χ3n) is 1.40. The molecule has 2 heteroatoms. The summed E-state index contributed by atoms with van der Waals surface area (Å²) < 4.78 is 4.97. The molecule has 0 aliphatic carbocycles. The molecule has 1 atom stereocenters. The number of ether oxygens (including phenoxy) is 1. The minimum Gasteiger partial charge on any atom is -0.396 e. The first kappa shape index (κ1) is 6.05. The Kier molecular flexibility index (Phi) is 2.30. The van der Waals surface area contributed by atoms with Gasteiger partial charge in [0.2, 0.25) is 0 Å². The van der Waals surface area contributed by atoms with Gasteiger partial charge in [0.05, 0.1) is 6.61 Å². The zero-order chi connectivity index (χ0) is 5.82. The van der Waals surface area contributed by atoms with Crippen molar-refractivity contribution in [3.8, 4) is 0 Å². The Morgan fingerprint density at radius 3 is 3.12 bits per heavy atom. The summed E-state index contributed by atoms with van der Waals surface area (Å²) >= 11 is 0. The van der Waals surface area contributed by atoms with E-state index in [9.17, 15) is 0 Å². The second-order valence-corrected chi connectivity index (χ2v) is 2.07. The van der Waals surface area contributed by atoms with Crippen molar-refractivity contribution < 1.29 is 9.84 Å². The van der Waals surface area contributed by atoms with Crippen LogP contribution in [0.2, 0.25) is 0 Å². The lowest BCUT2D eigenvalue weighted by Gasteiger charge is -2.00. The van der Waals surface area contributed by atoms with E-state index < -0.39 is 0 Å². The largest absolute Gasteiger partial charge is 0.396 e. The maximum absolute atomic E-state index is 8.45. The molecule has 0 spiro atoms. The van der Waals surface area contributed by atoms with Gasteiger partial charge in [0, 0.05) is 13.2 Å². The lowest BCUT2D eigenvalue weighted by Crippen LogP contribution is -1.96. The number of hydrogen-bond donors (Lipinski definition) is 1. The Morgan fingerprint density at radius 2 is 2.62 bits per heavy atom. The van der Waals surface area contributed by atoms with E-state index in [0.29, 0.717) is 5.92 Å². The maximum Gasteiger partial charge on any atom is 0.0869 e. The molecule has 1 unspecified atom stereocenters. The number of rotatable bonds is 2. The van der Waals surface area contributed by atoms with E-state index in [0.717, 1.165) is 19.4 Å². The molecule has 2 nitrogen and oxygen atoms in total. The minimum absolute atomic E-state index is 0.282. The summed E-state index contributed by atoms with van der Waals surface area (Å²) in [4.78, 5) is 0. The monoisotopic (exact) mass is 115 g/mol. The summed E-state index contributed by atoms with van der Waals surface area (Å²) in [5.41, 5.74) is 0. The Balaban J connectivity index is 2.06. The predicted molar refractivity (Wildman–Crippen MR) is 30.1 cm³/mol. The van der Waals surface area contributed by atoms with Crippen molar-refractivity contribution in [2.45, 2.75) is 12.8 Å². The molecule has 0 amide bonds. The van der Waals surface area contributed by atoms with Crippen LogP contribution in [0.1, 0.15) is 12.8 Å². The van der Waals surface area contributed by atoms with E-state index in [4.69, 9.17) is 9.84 Å². The summed E-state index contributed by atoms with van der Waals surface area (Å²) in [5.74, 6) is 0.514. The van der Waals surface area contributed by atoms with Gasteiger partial charge in [-0.2, -0.15) is 0 Å². The predicted octanol–water partition coefficient (Wildman–Crippen LogP) is 0.567. The van der Waals surface area contributed by atoms with Crippen LogP contribution in [0.4, 0.5) is 0 Å². The van der Waals surface area contributed by atoms with Crippen LogP contribution in [0, 0.1) is 12.5 Å². The van der Waals surface area contributed by atoms with Crippen LogP contribution in [-0.2, 0) is 4.74 Å². The van der Waals surface area contributed by atoms with Crippen molar-refractivity contribution in [2.75, 3.05) is 13.2 Å². The van der Waals surface area contributed by atoms with E-state index >= 15 is 0 Å². The number of aliphatic hydroxyl groups excluding tert-OH is 1. The molecule has 1 N–H and O–H groups in total. The summed E-state index contributed by atoms with van der Waals surface area (Å²) in [6.07, 6.45) is 1.94. The van der Waals surface area contributed by atoms with Crippen molar-refractivity contribution in [1.82, 2.24) is 0 Å². The van der Waals surface area contributed by atoms with Crippen molar-refractivity contribution in [1.29, 1.82) is 0 Å². The van der Waals surface area contributed by atoms with Crippen LogP contribution >= 0.6 is 0 Å². The summed E-state index contributed by atoms with van der Waals surface area (Å²) in [5, 5.41) is 8.45. The molecule has 47 valence electrons. The van der Waals surface area contributed by atoms with Crippen molar-refractivity contribution in [2.24, 2.45) is 5.92 Å². The average Bonchev–Trinajstić information content (AvgIpc) is 2.19. The fourth-order valence-corrected chi connectivity index (χ4v) is 0.870. The minimum atomic E-state index is 0.282. The molecule has 1 radical (unpaired) electrons. The molecule has 1 aliphatic rings. The van der Waals surface area contributed by atoms with Crippen LogP contribution < -0.4 is 0 Å². The second-order valence-electron chi connectivity index (χ2n) is 2.07. The molecule has 1 rings (SSSR count). The zero-order valence-electron chi connectivity index (χ0n) is 4.84. The highest BCUT2D eigenvalue weighted by atomic mass is 16.5. The van der Waals surface area contributed by atoms with Crippen LogP contribution in [0.25, 0.3) is 0 Å². The van der Waals surface area contributed by atoms with E-state index in [1.165, 1.54) is 0 Å². The topological polar surface area (TPSA) is 29.5 Å². The molecule has 0 bridgehead atoms. The lowest BCUT2D eigenvalue weighted by atomic mass is 10.1. The van der Waals surface area contributed by atoms with Crippen molar-refractivity contribution in [3.05, 3.63) is 6.61 Å². The average molecular weight is 115 g/mol. The number of hydrogen-bond acceptors (Lipinski definition) is 2. The molecule has 1 saturated heterocycles. The molecular formula is C6H11O2. The molecule has 1 fully saturated rings. The van der Waals surface area contributed by atoms with Gasteiger partial charge in [-0.1, -0.05) is 0 Å². The van der Waals surface area contributed by atoms with Crippen molar-refractivity contribution >= 4 is 0 Å². The van der Waals surface area contributed by atoms with Crippen LogP contribution in [0.5, 0.6) is 0 Å². The van der Waals surface area contributed by atoms with Gasteiger partial charge in [-0.05, 0) is 18.8 Å². The molecular weight excluding hydrogens is 104 g/mol. The molecule has 0 saturated carbocycles. The first-order chi connectivity index (χ1) is 3.93.